The van der Waals surface area contributed by atoms with E-state index in [1.807, 2.05) is 30.5 Å². The topological polar surface area (TPSA) is 221 Å². The zero-order valence-electron chi connectivity index (χ0n) is 46.9. The van der Waals surface area contributed by atoms with Gasteiger partial charge in [0, 0.05) is 88.2 Å². The quantitative estimate of drug-likeness (QED) is 0.0274. The van der Waals surface area contributed by atoms with E-state index in [0.29, 0.717) is 114 Å². The molecule has 4 aromatic heterocycles. The Balaban J connectivity index is 0.000000210. The molecule has 3 saturated heterocycles. The molecule has 2 unspecified atom stereocenters. The highest BCUT2D eigenvalue weighted by Crippen LogP contribution is 2.28. The minimum Gasteiger partial charge on any atom is -0.354 e. The second-order valence-electron chi connectivity index (χ2n) is 21.9. The third-order valence-electron chi connectivity index (χ3n) is 15.3. The van der Waals surface area contributed by atoms with Crippen LogP contribution in [0.1, 0.15) is 126 Å². The lowest BCUT2D eigenvalue weighted by molar-refractivity contribution is -0.127. The molecule has 19 nitrogen and oxygen atoms in total. The van der Waals surface area contributed by atoms with Crippen LogP contribution in [0.3, 0.4) is 0 Å². The monoisotopic (exact) mass is 1100 g/mol. The first-order valence-corrected chi connectivity index (χ1v) is 28.5. The number of likely N-dealkylation sites (tertiary alicyclic amines) is 2. The molecule has 7 heterocycles. The van der Waals surface area contributed by atoms with Crippen LogP contribution < -0.4 is 26.6 Å². The number of Topliss-reactive ketones (excluding diaryl/α,β-unsaturated/α-hetero) is 2. The zero-order valence-corrected chi connectivity index (χ0v) is 46.9. The number of amides is 2. The van der Waals surface area contributed by atoms with Gasteiger partial charge in [-0.15, -0.1) is 0 Å². The van der Waals surface area contributed by atoms with Gasteiger partial charge in [-0.1, -0.05) is 95.7 Å². The number of anilines is 4. The van der Waals surface area contributed by atoms with Gasteiger partial charge in [0.15, 0.2) is 11.3 Å². The van der Waals surface area contributed by atoms with E-state index in [1.165, 1.54) is 17.7 Å². The van der Waals surface area contributed by atoms with Gasteiger partial charge in [-0.05, 0) is 92.2 Å². The molecule has 4 atom stereocenters. The number of allylic oxidation sites excluding steroid dienone is 3. The Hall–Kier alpha value is -7.42. The van der Waals surface area contributed by atoms with Crippen LogP contribution in [0, 0.1) is 11.8 Å². The molecule has 80 heavy (non-hydrogen) atoms. The number of fused-ring (bicyclic) bond motifs is 2. The van der Waals surface area contributed by atoms with Gasteiger partial charge < -0.3 is 36.4 Å². The highest BCUT2D eigenvalue weighted by atomic mass is 19.1. The maximum atomic E-state index is 14.5. The van der Waals surface area contributed by atoms with Gasteiger partial charge in [0.25, 0.3) is 0 Å². The SMILES string of the molecule is C=CC(=O)N1CCC(C(=O)CC2=CCCC(CNc3nc(NCCCCCCF)nc4c(C(C)C)cnn34)=C2)C1.C=CC(=O)N1CCC(C(=O)Cc2cccc(CNc3nc(N[C@@H]4CCNC[C@H]4F)nc4c(C(C)C)cnn34)c2)C1. The number of rotatable bonds is 25. The van der Waals surface area contributed by atoms with Crippen LogP contribution in [0.5, 0.6) is 0 Å². The van der Waals surface area contributed by atoms with Crippen LogP contribution >= 0.6 is 0 Å². The number of benzene rings is 1. The van der Waals surface area contributed by atoms with Crippen molar-refractivity contribution in [3.8, 4) is 0 Å². The van der Waals surface area contributed by atoms with E-state index >= 15 is 0 Å². The summed E-state index contributed by atoms with van der Waals surface area (Å²) in [6.45, 7) is 20.2. The van der Waals surface area contributed by atoms with E-state index in [4.69, 9.17) is 15.0 Å². The molecule has 0 radical (unpaired) electrons. The van der Waals surface area contributed by atoms with Gasteiger partial charge in [0.2, 0.25) is 35.6 Å². The molecular formula is C59H79F2N15O4. The number of halogens is 2. The minimum absolute atomic E-state index is 0.107. The van der Waals surface area contributed by atoms with Crippen molar-refractivity contribution in [3.63, 3.8) is 0 Å². The predicted octanol–water partition coefficient (Wildman–Crippen LogP) is 8.36. The van der Waals surface area contributed by atoms with Crippen molar-refractivity contribution >= 4 is 58.5 Å². The number of hydrogen-bond donors (Lipinski definition) is 5. The summed E-state index contributed by atoms with van der Waals surface area (Å²) >= 11 is 0. The number of ketones is 2. The standard InChI is InChI=1S/C30H42FN7O2.C29H37FN8O2/c1-4-27(40)37-15-12-24(20-37)26(39)17-22-10-9-11-23(16-22)18-33-30-36-29(32-14-8-6-5-7-13-31)35-28-25(21(2)3)19-34-38(28)30;1-4-26(40)37-11-9-21(17-37)25(39)13-19-6-5-7-20(12-19)14-32-29-36-28(34-24-8-10-31-16-23(24)30)35-27-22(18(2)3)15-33-38(27)29/h4,10,16,19,21,24H,1,5-9,11-15,17-18,20H2,2-3H3,(H2,32,33,35,36);4-7,12,15,18,21,23-24,31H,1,8-11,13-14,16-17H2,2-3H3,(H2,32,34,35,36)/t;21?,23-,24-/m.1/s1. The van der Waals surface area contributed by atoms with E-state index in [0.717, 1.165) is 78.7 Å². The maximum absolute atomic E-state index is 14.5. The number of hydrogen-bond acceptors (Lipinski definition) is 15. The lowest BCUT2D eigenvalue weighted by Gasteiger charge is -2.27. The van der Waals surface area contributed by atoms with Gasteiger partial charge >= 0.3 is 0 Å². The second-order valence-corrected chi connectivity index (χ2v) is 21.9. The molecule has 0 bridgehead atoms. The van der Waals surface area contributed by atoms with Crippen LogP contribution in [-0.2, 0) is 32.1 Å². The molecule has 3 fully saturated rings. The van der Waals surface area contributed by atoms with Crippen molar-refractivity contribution in [1.29, 1.82) is 0 Å². The lowest BCUT2D eigenvalue weighted by Crippen LogP contribution is -2.45. The van der Waals surface area contributed by atoms with Crippen LogP contribution in [-0.4, -0.2) is 144 Å². The molecule has 428 valence electrons. The number of unbranched alkanes of at least 4 members (excludes halogenated alkanes) is 3. The fourth-order valence-corrected chi connectivity index (χ4v) is 10.6. The molecule has 9 rings (SSSR count). The molecule has 4 aliphatic rings. The first-order chi connectivity index (χ1) is 38.7. The fraction of sp³-hybridized carbons (Fsp3) is 0.525. The molecule has 5 N–H and O–H groups in total. The Bertz CT molecular complexity index is 3060. The van der Waals surface area contributed by atoms with Crippen molar-refractivity contribution in [3.05, 3.63) is 108 Å². The van der Waals surface area contributed by atoms with E-state index < -0.39 is 6.17 Å². The molecule has 0 spiro atoms. The van der Waals surface area contributed by atoms with E-state index in [2.05, 4.69) is 94.8 Å². The molecule has 3 aliphatic heterocycles. The summed E-state index contributed by atoms with van der Waals surface area (Å²) in [5, 5.41) is 25.5. The van der Waals surface area contributed by atoms with Gasteiger partial charge in [0.1, 0.15) is 17.7 Å². The van der Waals surface area contributed by atoms with Gasteiger partial charge in [-0.2, -0.15) is 39.2 Å². The van der Waals surface area contributed by atoms with E-state index in [9.17, 15) is 28.0 Å². The lowest BCUT2D eigenvalue weighted by atomic mass is 9.92. The number of nitrogens with one attached hydrogen (secondary N) is 5. The van der Waals surface area contributed by atoms with Crippen LogP contribution in [0.2, 0.25) is 0 Å². The first kappa shape index (κ1) is 58.7. The Kier molecular flexibility index (Phi) is 20.7. The van der Waals surface area contributed by atoms with Crippen LogP contribution in [0.25, 0.3) is 11.3 Å². The first-order valence-electron chi connectivity index (χ1n) is 28.5. The number of aromatic nitrogens is 8. The fourth-order valence-electron chi connectivity index (χ4n) is 10.6. The molecule has 1 aromatic carbocycles. The summed E-state index contributed by atoms with van der Waals surface area (Å²) in [5.41, 5.74) is 7.63. The summed E-state index contributed by atoms with van der Waals surface area (Å²) in [6, 6.07) is 7.52. The third kappa shape index (κ3) is 15.3. The Labute approximate surface area is 467 Å². The third-order valence-corrected chi connectivity index (χ3v) is 15.3. The molecule has 21 heteroatoms. The molecule has 2 amide bonds. The number of carbonyl (C=O) groups excluding carboxylic acids is 4. The number of carbonyl (C=O) groups is 4. The average molecular weight is 1100 g/mol. The highest BCUT2D eigenvalue weighted by molar-refractivity contribution is 5.90. The summed E-state index contributed by atoms with van der Waals surface area (Å²) in [7, 11) is 0. The predicted molar refractivity (Wildman–Crippen MR) is 308 cm³/mol. The zero-order chi connectivity index (χ0) is 56.7. The molecule has 5 aromatic rings. The van der Waals surface area contributed by atoms with Crippen molar-refractivity contribution in [2.75, 3.05) is 80.3 Å². The summed E-state index contributed by atoms with van der Waals surface area (Å²) < 4.78 is 30.3. The Morgan fingerprint density at radius 3 is 1.98 bits per heavy atom. The van der Waals surface area contributed by atoms with E-state index in [1.54, 1.807) is 25.0 Å². The molecular weight excluding hydrogens is 1020 g/mol. The van der Waals surface area contributed by atoms with Gasteiger partial charge in [0.05, 0.1) is 25.1 Å². The maximum Gasteiger partial charge on any atom is 0.245 e. The van der Waals surface area contributed by atoms with Gasteiger partial charge in [-0.3, -0.25) is 23.6 Å². The summed E-state index contributed by atoms with van der Waals surface area (Å²) in [5.74, 6) is 2.34. The number of piperidine rings is 1. The van der Waals surface area contributed by atoms with E-state index in [-0.39, 0.29) is 59.8 Å². The Morgan fingerprint density at radius 2 is 1.35 bits per heavy atom. The summed E-state index contributed by atoms with van der Waals surface area (Å²) in [6.07, 6.45) is 17.4. The minimum atomic E-state index is -1.03. The van der Waals surface area contributed by atoms with Crippen molar-refractivity contribution in [2.24, 2.45) is 11.8 Å². The normalized spacial score (nSPS) is 19.1. The van der Waals surface area contributed by atoms with Crippen molar-refractivity contribution in [2.45, 2.75) is 129 Å². The van der Waals surface area contributed by atoms with Crippen molar-refractivity contribution in [1.82, 2.24) is 54.3 Å². The Morgan fingerprint density at radius 1 is 0.750 bits per heavy atom. The molecule has 0 saturated carbocycles. The van der Waals surface area contributed by atoms with Gasteiger partial charge in [-0.25, -0.2) is 4.39 Å². The highest BCUT2D eigenvalue weighted by Gasteiger charge is 2.32. The van der Waals surface area contributed by atoms with Crippen molar-refractivity contribution < 1.29 is 28.0 Å². The second kappa shape index (κ2) is 28.1. The number of nitrogens with zero attached hydrogens (tertiary/aromatic N) is 10. The molecule has 1 aliphatic carbocycles. The van der Waals surface area contributed by atoms with Crippen LogP contribution in [0.4, 0.5) is 32.6 Å². The average Bonchev–Trinajstić information content (AvgIpc) is 4.40. The van der Waals surface area contributed by atoms with Crippen LogP contribution in [0.15, 0.2) is 85.3 Å². The number of alkyl halides is 2. The smallest absolute Gasteiger partial charge is 0.245 e. The summed E-state index contributed by atoms with van der Waals surface area (Å²) in [4.78, 5) is 71.8. The largest absolute Gasteiger partial charge is 0.354 e.